The zero-order chi connectivity index (χ0) is 19.9. The van der Waals surface area contributed by atoms with Gasteiger partial charge >= 0.3 is 0 Å². The summed E-state index contributed by atoms with van der Waals surface area (Å²) in [5.74, 6) is 0.304. The predicted molar refractivity (Wildman–Crippen MR) is 108 cm³/mol. The number of nitrogens with one attached hydrogen (secondary N) is 3. The van der Waals surface area contributed by atoms with Crippen LogP contribution in [-0.2, 0) is 11.3 Å². The maximum absolute atomic E-state index is 13.1. The molecule has 1 aliphatic rings. The fourth-order valence-corrected chi connectivity index (χ4v) is 3.36. The zero-order valence-electron chi connectivity index (χ0n) is 15.8. The minimum absolute atomic E-state index is 0.0250. The zero-order valence-corrected chi connectivity index (χ0v) is 16.6. The number of rotatable bonds is 8. The number of benzene rings is 2. The first kappa shape index (κ1) is 20.6. The fraction of sp³-hybridized carbons (Fsp3) is 0.381. The molecule has 150 valence electrons. The van der Waals surface area contributed by atoms with Gasteiger partial charge in [0.05, 0.1) is 12.6 Å². The number of halogens is 2. The standard InChI is InChI=1S/C21H25ClFN3O2/c1-2-3-10-28-20-7-5-4-6-16(20)18-12-19(26-25-18)21(27)24-13-14-8-9-15(23)11-17(14)22/h4-9,11,18-19,25-26H,2-3,10,12-13H2,1H3,(H,24,27). The summed E-state index contributed by atoms with van der Waals surface area (Å²) in [4.78, 5) is 12.5. The van der Waals surface area contributed by atoms with E-state index in [4.69, 9.17) is 16.3 Å². The molecule has 1 heterocycles. The van der Waals surface area contributed by atoms with Gasteiger partial charge in [-0.25, -0.2) is 15.2 Å². The molecule has 1 saturated heterocycles. The molecule has 7 heteroatoms. The highest BCUT2D eigenvalue weighted by atomic mass is 35.5. The Bertz CT molecular complexity index is 818. The van der Waals surface area contributed by atoms with Crippen LogP contribution in [0.25, 0.3) is 0 Å². The lowest BCUT2D eigenvalue weighted by Gasteiger charge is -2.16. The number of ether oxygens (including phenoxy) is 1. The summed E-state index contributed by atoms with van der Waals surface area (Å²) in [5, 5.41) is 3.15. The van der Waals surface area contributed by atoms with Crippen molar-refractivity contribution in [2.24, 2.45) is 0 Å². The molecule has 1 aliphatic heterocycles. The molecular formula is C21H25ClFN3O2. The van der Waals surface area contributed by atoms with Gasteiger partial charge in [-0.15, -0.1) is 0 Å². The van der Waals surface area contributed by atoms with E-state index in [2.05, 4.69) is 23.1 Å². The third-order valence-electron chi connectivity index (χ3n) is 4.74. The van der Waals surface area contributed by atoms with Crippen molar-refractivity contribution in [2.45, 2.75) is 44.8 Å². The molecule has 1 amide bonds. The Morgan fingerprint density at radius 2 is 2.11 bits per heavy atom. The maximum Gasteiger partial charge on any atom is 0.238 e. The van der Waals surface area contributed by atoms with Gasteiger partial charge in [0.2, 0.25) is 5.91 Å². The summed E-state index contributed by atoms with van der Waals surface area (Å²) >= 11 is 6.01. The highest BCUT2D eigenvalue weighted by Crippen LogP contribution is 2.30. The van der Waals surface area contributed by atoms with Crippen molar-refractivity contribution in [3.8, 4) is 5.75 Å². The highest BCUT2D eigenvalue weighted by molar-refractivity contribution is 6.31. The molecule has 2 aromatic rings. The van der Waals surface area contributed by atoms with Gasteiger partial charge in [0, 0.05) is 17.1 Å². The van der Waals surface area contributed by atoms with E-state index < -0.39 is 5.82 Å². The van der Waals surface area contributed by atoms with Crippen molar-refractivity contribution in [1.82, 2.24) is 16.2 Å². The molecule has 28 heavy (non-hydrogen) atoms. The Hall–Kier alpha value is -2.15. The van der Waals surface area contributed by atoms with Crippen LogP contribution in [0.5, 0.6) is 5.75 Å². The van der Waals surface area contributed by atoms with E-state index in [1.54, 1.807) is 6.07 Å². The third kappa shape index (κ3) is 5.22. The topological polar surface area (TPSA) is 62.4 Å². The molecule has 5 nitrogen and oxygen atoms in total. The summed E-state index contributed by atoms with van der Waals surface area (Å²) in [6.45, 7) is 3.05. The lowest BCUT2D eigenvalue weighted by atomic mass is 10.0. The average molecular weight is 406 g/mol. The van der Waals surface area contributed by atoms with Crippen molar-refractivity contribution < 1.29 is 13.9 Å². The van der Waals surface area contributed by atoms with Gasteiger partial charge in [0.15, 0.2) is 0 Å². The summed E-state index contributed by atoms with van der Waals surface area (Å²) in [5.41, 5.74) is 7.94. The molecule has 2 unspecified atom stereocenters. The van der Waals surface area contributed by atoms with E-state index in [-0.39, 0.29) is 24.5 Å². The molecular weight excluding hydrogens is 381 g/mol. The minimum Gasteiger partial charge on any atom is -0.493 e. The van der Waals surface area contributed by atoms with Crippen LogP contribution >= 0.6 is 11.6 Å². The molecule has 0 spiro atoms. The summed E-state index contributed by atoms with van der Waals surface area (Å²) in [6.07, 6.45) is 2.67. The lowest BCUT2D eigenvalue weighted by molar-refractivity contribution is -0.123. The molecule has 0 radical (unpaired) electrons. The van der Waals surface area contributed by atoms with Crippen molar-refractivity contribution in [3.63, 3.8) is 0 Å². The maximum atomic E-state index is 13.1. The Morgan fingerprint density at radius 3 is 2.89 bits per heavy atom. The van der Waals surface area contributed by atoms with E-state index >= 15 is 0 Å². The van der Waals surface area contributed by atoms with Crippen molar-refractivity contribution in [3.05, 3.63) is 64.4 Å². The first-order valence-corrected chi connectivity index (χ1v) is 9.90. The number of hydrogen-bond donors (Lipinski definition) is 3. The number of carbonyl (C=O) groups is 1. The van der Waals surface area contributed by atoms with Gasteiger partial charge in [-0.05, 0) is 36.6 Å². The molecule has 0 saturated carbocycles. The van der Waals surface area contributed by atoms with Gasteiger partial charge < -0.3 is 10.1 Å². The third-order valence-corrected chi connectivity index (χ3v) is 5.09. The monoisotopic (exact) mass is 405 g/mol. The van der Waals surface area contributed by atoms with Gasteiger partial charge in [-0.3, -0.25) is 4.79 Å². The minimum atomic E-state index is -0.399. The number of unbranched alkanes of at least 4 members (excludes halogenated alkanes) is 1. The molecule has 0 aromatic heterocycles. The van der Waals surface area contributed by atoms with Crippen LogP contribution in [0.1, 0.15) is 43.4 Å². The van der Waals surface area contributed by atoms with Crippen LogP contribution in [0.3, 0.4) is 0 Å². The normalized spacial score (nSPS) is 18.8. The predicted octanol–water partition coefficient (Wildman–Crippen LogP) is 3.88. The van der Waals surface area contributed by atoms with Crippen molar-refractivity contribution in [1.29, 1.82) is 0 Å². The number of para-hydroxylation sites is 1. The van der Waals surface area contributed by atoms with Gasteiger partial charge in [0.1, 0.15) is 17.6 Å². The highest BCUT2D eigenvalue weighted by Gasteiger charge is 2.31. The number of carbonyl (C=O) groups excluding carboxylic acids is 1. The average Bonchev–Trinajstić information content (AvgIpc) is 3.18. The Balaban J connectivity index is 1.57. The van der Waals surface area contributed by atoms with Gasteiger partial charge in [-0.2, -0.15) is 0 Å². The Labute approximate surface area is 169 Å². The SMILES string of the molecule is CCCCOc1ccccc1C1CC(C(=O)NCc2ccc(F)cc2Cl)NN1. The van der Waals surface area contributed by atoms with Crippen LogP contribution in [-0.4, -0.2) is 18.6 Å². The van der Waals surface area contributed by atoms with Gasteiger partial charge in [0.25, 0.3) is 0 Å². The molecule has 3 N–H and O–H groups in total. The smallest absolute Gasteiger partial charge is 0.238 e. The van der Waals surface area contributed by atoms with Crippen molar-refractivity contribution >= 4 is 17.5 Å². The molecule has 2 atom stereocenters. The van der Waals surface area contributed by atoms with E-state index in [9.17, 15) is 9.18 Å². The summed E-state index contributed by atoms with van der Waals surface area (Å²) in [7, 11) is 0. The van der Waals surface area contributed by atoms with Crippen LogP contribution in [0.15, 0.2) is 42.5 Å². The van der Waals surface area contributed by atoms with Crippen LogP contribution in [0.2, 0.25) is 5.02 Å². The molecule has 3 rings (SSSR count). The number of hydrazine groups is 1. The van der Waals surface area contributed by atoms with E-state index in [1.807, 2.05) is 24.3 Å². The second kappa shape index (κ2) is 9.87. The first-order valence-electron chi connectivity index (χ1n) is 9.53. The molecule has 0 bridgehead atoms. The van der Waals surface area contributed by atoms with Crippen molar-refractivity contribution in [2.75, 3.05) is 6.61 Å². The second-order valence-electron chi connectivity index (χ2n) is 6.82. The van der Waals surface area contributed by atoms with E-state index in [0.717, 1.165) is 24.2 Å². The largest absolute Gasteiger partial charge is 0.493 e. The van der Waals surface area contributed by atoms with Gasteiger partial charge in [-0.1, -0.05) is 49.2 Å². The van der Waals surface area contributed by atoms with Crippen LogP contribution < -0.4 is 20.9 Å². The van der Waals surface area contributed by atoms with Crippen LogP contribution in [0.4, 0.5) is 4.39 Å². The second-order valence-corrected chi connectivity index (χ2v) is 7.23. The number of hydrogen-bond acceptors (Lipinski definition) is 4. The van der Waals surface area contributed by atoms with E-state index in [0.29, 0.717) is 23.6 Å². The molecule has 2 aromatic carbocycles. The first-order chi connectivity index (χ1) is 13.6. The molecule has 0 aliphatic carbocycles. The fourth-order valence-electron chi connectivity index (χ4n) is 3.13. The summed E-state index contributed by atoms with van der Waals surface area (Å²) in [6, 6.07) is 11.6. The Kier molecular flexibility index (Phi) is 7.25. The lowest BCUT2D eigenvalue weighted by Crippen LogP contribution is -2.42. The quantitative estimate of drug-likeness (QED) is 0.583. The Morgan fingerprint density at radius 1 is 1.29 bits per heavy atom. The van der Waals surface area contributed by atoms with Crippen LogP contribution in [0, 0.1) is 5.82 Å². The molecule has 1 fully saturated rings. The van der Waals surface area contributed by atoms with E-state index in [1.165, 1.54) is 12.1 Å². The number of amides is 1. The summed E-state index contributed by atoms with van der Waals surface area (Å²) < 4.78 is 19.0.